The molecule has 142 valence electrons. The molecule has 4 rings (SSSR count). The van der Waals surface area contributed by atoms with Gasteiger partial charge in [-0.1, -0.05) is 0 Å². The van der Waals surface area contributed by atoms with Gasteiger partial charge >= 0.3 is 0 Å². The predicted molar refractivity (Wildman–Crippen MR) is 93.6 cm³/mol. The number of amides is 2. The molecule has 0 aromatic carbocycles. The first kappa shape index (κ1) is 17.5. The highest BCUT2D eigenvalue weighted by atomic mass is 16.5. The molecule has 3 aliphatic rings. The Morgan fingerprint density at radius 1 is 1.12 bits per heavy atom. The molecule has 3 fully saturated rings. The van der Waals surface area contributed by atoms with Crippen LogP contribution >= 0.6 is 0 Å². The van der Waals surface area contributed by atoms with Crippen LogP contribution < -0.4 is 0 Å². The van der Waals surface area contributed by atoms with E-state index in [0.29, 0.717) is 36.6 Å². The van der Waals surface area contributed by atoms with Crippen LogP contribution in [0.15, 0.2) is 10.8 Å². The number of carbonyl (C=O) groups excluding carboxylic acids is 2. The summed E-state index contributed by atoms with van der Waals surface area (Å²) in [6.07, 6.45) is 7.57. The maximum absolute atomic E-state index is 12.5. The zero-order chi connectivity index (χ0) is 18.3. The summed E-state index contributed by atoms with van der Waals surface area (Å²) in [5, 5.41) is 0. The van der Waals surface area contributed by atoms with Crippen molar-refractivity contribution in [3.8, 4) is 0 Å². The summed E-state index contributed by atoms with van der Waals surface area (Å²) in [5.74, 6) is 0.467. The van der Waals surface area contributed by atoms with Crippen molar-refractivity contribution < 1.29 is 18.7 Å². The van der Waals surface area contributed by atoms with E-state index in [1.165, 1.54) is 6.39 Å². The number of hydrogen-bond acceptors (Lipinski definition) is 5. The lowest BCUT2D eigenvalue weighted by molar-refractivity contribution is -0.138. The van der Waals surface area contributed by atoms with Crippen molar-refractivity contribution in [2.45, 2.75) is 76.7 Å². The number of aromatic nitrogens is 1. The lowest BCUT2D eigenvalue weighted by Gasteiger charge is -2.40. The predicted octanol–water partition coefficient (Wildman–Crippen LogP) is 2.15. The molecule has 1 aromatic heterocycles. The van der Waals surface area contributed by atoms with Crippen molar-refractivity contribution in [1.29, 1.82) is 0 Å². The minimum atomic E-state index is -0.0775. The van der Waals surface area contributed by atoms with Crippen molar-refractivity contribution in [2.75, 3.05) is 13.1 Å². The maximum Gasteiger partial charge on any atom is 0.291 e. The molecular weight excluding hydrogens is 334 g/mol. The number of fused-ring (bicyclic) bond motifs is 2. The van der Waals surface area contributed by atoms with Crippen LogP contribution in [-0.2, 0) is 9.53 Å². The first-order valence-corrected chi connectivity index (χ1v) is 9.66. The summed E-state index contributed by atoms with van der Waals surface area (Å²) < 4.78 is 11.6. The van der Waals surface area contributed by atoms with Crippen LogP contribution in [0.2, 0.25) is 0 Å². The molecule has 2 atom stereocenters. The molecule has 0 radical (unpaired) electrons. The second-order valence-corrected chi connectivity index (χ2v) is 7.80. The van der Waals surface area contributed by atoms with Gasteiger partial charge < -0.3 is 19.0 Å². The summed E-state index contributed by atoms with van der Waals surface area (Å²) in [5.41, 5.74) is 0.640. The summed E-state index contributed by atoms with van der Waals surface area (Å²) in [4.78, 5) is 32.2. The third-order valence-corrected chi connectivity index (χ3v) is 6.11. The fourth-order valence-corrected chi connectivity index (χ4v) is 4.87. The standard InChI is InChI=1S/C19H27N3O4/c1-12-18(25-11-20-12)19(24)21-7-5-16(6-8-21)26-17-9-14-3-4-15(10-17)22(14)13(2)23/h11,14-17H,3-10H2,1-2H3. The number of aryl methyl sites for hydroxylation is 1. The number of likely N-dealkylation sites (tertiary alicyclic amines) is 1. The Kier molecular flexibility index (Phi) is 4.73. The normalized spacial score (nSPS) is 29.2. The highest BCUT2D eigenvalue weighted by Crippen LogP contribution is 2.37. The molecule has 0 N–H and O–H groups in total. The highest BCUT2D eigenvalue weighted by molar-refractivity contribution is 5.92. The Bertz CT molecular complexity index is 666. The minimum absolute atomic E-state index is 0.0775. The van der Waals surface area contributed by atoms with E-state index in [-0.39, 0.29) is 24.0 Å². The first-order valence-electron chi connectivity index (χ1n) is 9.66. The molecule has 4 heterocycles. The van der Waals surface area contributed by atoms with E-state index < -0.39 is 0 Å². The second-order valence-electron chi connectivity index (χ2n) is 7.80. The summed E-state index contributed by atoms with van der Waals surface area (Å²) >= 11 is 0. The molecule has 0 aliphatic carbocycles. The Labute approximate surface area is 153 Å². The zero-order valence-corrected chi connectivity index (χ0v) is 15.5. The van der Waals surface area contributed by atoms with Crippen LogP contribution in [0.3, 0.4) is 0 Å². The van der Waals surface area contributed by atoms with E-state index in [1.807, 2.05) is 4.90 Å². The van der Waals surface area contributed by atoms with Gasteiger partial charge in [-0.2, -0.15) is 0 Å². The molecule has 3 aliphatic heterocycles. The number of oxazole rings is 1. The fraction of sp³-hybridized carbons (Fsp3) is 0.737. The third-order valence-electron chi connectivity index (χ3n) is 6.11. The van der Waals surface area contributed by atoms with Gasteiger partial charge in [-0.05, 0) is 45.4 Å². The largest absolute Gasteiger partial charge is 0.438 e. The zero-order valence-electron chi connectivity index (χ0n) is 15.5. The number of ether oxygens (including phenoxy) is 1. The average Bonchev–Trinajstić information content (AvgIpc) is 3.16. The van der Waals surface area contributed by atoms with Crippen LogP contribution in [0.4, 0.5) is 0 Å². The molecule has 2 amide bonds. The molecule has 2 unspecified atom stereocenters. The number of piperidine rings is 2. The molecule has 7 heteroatoms. The summed E-state index contributed by atoms with van der Waals surface area (Å²) in [6, 6.07) is 0.708. The van der Waals surface area contributed by atoms with E-state index in [1.54, 1.807) is 13.8 Å². The molecule has 1 aromatic rings. The van der Waals surface area contributed by atoms with Crippen LogP contribution in [0.1, 0.15) is 61.7 Å². The van der Waals surface area contributed by atoms with Crippen molar-refractivity contribution in [3.63, 3.8) is 0 Å². The van der Waals surface area contributed by atoms with Crippen LogP contribution in [0, 0.1) is 6.92 Å². The van der Waals surface area contributed by atoms with Gasteiger partial charge in [-0.3, -0.25) is 9.59 Å². The molecule has 7 nitrogen and oxygen atoms in total. The number of nitrogens with zero attached hydrogens (tertiary/aromatic N) is 3. The van der Waals surface area contributed by atoms with Gasteiger partial charge in [0.2, 0.25) is 11.7 Å². The van der Waals surface area contributed by atoms with E-state index in [9.17, 15) is 9.59 Å². The number of rotatable bonds is 3. The topological polar surface area (TPSA) is 75.9 Å². The average molecular weight is 361 g/mol. The van der Waals surface area contributed by atoms with Crippen molar-refractivity contribution in [2.24, 2.45) is 0 Å². The number of carbonyl (C=O) groups is 2. The van der Waals surface area contributed by atoms with Crippen molar-refractivity contribution >= 4 is 11.8 Å². The van der Waals surface area contributed by atoms with E-state index in [4.69, 9.17) is 9.15 Å². The first-order chi connectivity index (χ1) is 12.5. The van der Waals surface area contributed by atoms with Crippen molar-refractivity contribution in [3.05, 3.63) is 17.8 Å². The second kappa shape index (κ2) is 7.02. The lowest BCUT2D eigenvalue weighted by atomic mass is 9.98. The van der Waals surface area contributed by atoms with E-state index in [0.717, 1.165) is 38.5 Å². The van der Waals surface area contributed by atoms with Crippen LogP contribution in [-0.4, -0.2) is 64.0 Å². The van der Waals surface area contributed by atoms with Crippen LogP contribution in [0.25, 0.3) is 0 Å². The lowest BCUT2D eigenvalue weighted by Crippen LogP contribution is -2.49. The summed E-state index contributed by atoms with van der Waals surface area (Å²) in [6.45, 7) is 4.83. The Balaban J connectivity index is 1.28. The smallest absolute Gasteiger partial charge is 0.291 e. The Morgan fingerprint density at radius 3 is 2.31 bits per heavy atom. The van der Waals surface area contributed by atoms with Gasteiger partial charge in [0, 0.05) is 32.1 Å². The van der Waals surface area contributed by atoms with Gasteiger partial charge in [-0.15, -0.1) is 0 Å². The number of hydrogen-bond donors (Lipinski definition) is 0. The van der Waals surface area contributed by atoms with Gasteiger partial charge in [0.15, 0.2) is 6.39 Å². The van der Waals surface area contributed by atoms with E-state index >= 15 is 0 Å². The quantitative estimate of drug-likeness (QED) is 0.824. The monoisotopic (exact) mass is 361 g/mol. The molecular formula is C19H27N3O4. The highest BCUT2D eigenvalue weighted by Gasteiger charge is 2.43. The van der Waals surface area contributed by atoms with Crippen LogP contribution in [0.5, 0.6) is 0 Å². The van der Waals surface area contributed by atoms with Gasteiger partial charge in [0.1, 0.15) is 0 Å². The molecule has 2 bridgehead atoms. The maximum atomic E-state index is 12.5. The Hall–Kier alpha value is -1.89. The molecule has 26 heavy (non-hydrogen) atoms. The van der Waals surface area contributed by atoms with Gasteiger partial charge in [-0.25, -0.2) is 4.98 Å². The Morgan fingerprint density at radius 2 is 1.77 bits per heavy atom. The fourth-order valence-electron chi connectivity index (χ4n) is 4.87. The van der Waals surface area contributed by atoms with Gasteiger partial charge in [0.25, 0.3) is 5.91 Å². The van der Waals surface area contributed by atoms with Crippen molar-refractivity contribution in [1.82, 2.24) is 14.8 Å². The van der Waals surface area contributed by atoms with E-state index in [2.05, 4.69) is 9.88 Å². The molecule has 3 saturated heterocycles. The van der Waals surface area contributed by atoms with Gasteiger partial charge in [0.05, 0.1) is 17.9 Å². The minimum Gasteiger partial charge on any atom is -0.438 e. The SMILES string of the molecule is CC(=O)N1C2CCC1CC(OC1CCN(C(=O)c3ocnc3C)CC1)C2. The third kappa shape index (κ3) is 3.24. The summed E-state index contributed by atoms with van der Waals surface area (Å²) in [7, 11) is 0. The molecule has 0 saturated carbocycles. The molecule has 0 spiro atoms.